The fraction of sp³-hybridized carbons (Fsp3) is 0.429. The largest absolute Gasteiger partial charge is 0.461 e. The van der Waals surface area contributed by atoms with E-state index in [-0.39, 0.29) is 12.3 Å². The summed E-state index contributed by atoms with van der Waals surface area (Å²) >= 11 is 3.07. The molecule has 0 aliphatic carbocycles. The average Bonchev–Trinajstić information content (AvgIpc) is 1.99. The quantitative estimate of drug-likeness (QED) is 0.448. The Kier molecular flexibility index (Phi) is 5.36. The predicted molar refractivity (Wildman–Crippen MR) is 47.5 cm³/mol. The summed E-state index contributed by atoms with van der Waals surface area (Å²) < 4.78 is 5.20. The van der Waals surface area contributed by atoms with Gasteiger partial charge in [-0.05, 0) is 13.8 Å². The first-order chi connectivity index (χ1) is 5.63. The summed E-state index contributed by atoms with van der Waals surface area (Å²) in [6.07, 6.45) is 0.428. The smallest absolute Gasteiger partial charge is 0.355 e. The molecule has 0 bridgehead atoms. The van der Waals surface area contributed by atoms with Crippen molar-refractivity contribution in [3.63, 3.8) is 0 Å². The Hall–Kier alpha value is -0.840. The average molecular weight is 236 g/mol. The maximum atomic E-state index is 11.0. The summed E-state index contributed by atoms with van der Waals surface area (Å²) in [4.78, 5) is 21.1. The van der Waals surface area contributed by atoms with Gasteiger partial charge in [0.2, 0.25) is 6.41 Å². The number of carbonyl (C=O) groups excluding carboxylic acids is 2. The molecule has 0 aliphatic rings. The van der Waals surface area contributed by atoms with E-state index >= 15 is 0 Å². The lowest BCUT2D eigenvalue weighted by Crippen LogP contribution is -2.21. The van der Waals surface area contributed by atoms with E-state index < -0.39 is 5.97 Å². The van der Waals surface area contributed by atoms with Gasteiger partial charge in [-0.3, -0.25) is 4.79 Å². The number of ether oxygens (including phenoxy) is 1. The van der Waals surface area contributed by atoms with Crippen molar-refractivity contribution >= 4 is 28.3 Å². The maximum Gasteiger partial charge on any atom is 0.355 e. The number of esters is 1. The van der Waals surface area contributed by atoms with Gasteiger partial charge >= 0.3 is 5.97 Å². The molecule has 0 aliphatic heterocycles. The lowest BCUT2D eigenvalue weighted by molar-refractivity contribution is -0.139. The zero-order valence-electron chi connectivity index (χ0n) is 6.89. The second-order valence-corrected chi connectivity index (χ2v) is 3.08. The normalized spacial score (nSPS) is 11.6. The van der Waals surface area contributed by atoms with Gasteiger partial charge in [-0.2, -0.15) is 0 Å². The first-order valence-corrected chi connectivity index (χ1v) is 4.16. The number of amides is 1. The van der Waals surface area contributed by atoms with Crippen LogP contribution >= 0.6 is 15.9 Å². The van der Waals surface area contributed by atoms with Gasteiger partial charge in [0.15, 0.2) is 0 Å². The number of allylic oxidation sites excluding steroid dienone is 1. The molecule has 0 heterocycles. The van der Waals surface area contributed by atoms with Crippen LogP contribution in [0.2, 0.25) is 0 Å². The predicted octanol–water partition coefficient (Wildman–Crippen LogP) is 0.922. The Morgan fingerprint density at radius 2 is 2.25 bits per heavy atom. The Bertz CT molecular complexity index is 209. The highest BCUT2D eigenvalue weighted by Crippen LogP contribution is 2.09. The molecular weight excluding hydrogens is 226 g/mol. The molecule has 0 unspecified atom stereocenters. The minimum Gasteiger partial charge on any atom is -0.461 e. The van der Waals surface area contributed by atoms with Gasteiger partial charge in [-0.15, -0.1) is 0 Å². The molecular formula is C7H10BrNO3. The fourth-order valence-corrected chi connectivity index (χ4v) is 0.838. The Labute approximate surface area is 79.1 Å². The van der Waals surface area contributed by atoms with E-state index in [9.17, 15) is 9.59 Å². The first kappa shape index (κ1) is 11.2. The van der Waals surface area contributed by atoms with Crippen LogP contribution in [0.3, 0.4) is 0 Å². The molecule has 5 heteroatoms. The number of halogens is 1. The number of carbonyl (C=O) groups is 2. The van der Waals surface area contributed by atoms with Crippen molar-refractivity contribution in [3.05, 3.63) is 10.2 Å². The molecule has 12 heavy (non-hydrogen) atoms. The highest BCUT2D eigenvalue weighted by molar-refractivity contribution is 9.11. The van der Waals surface area contributed by atoms with Crippen molar-refractivity contribution in [2.75, 3.05) is 6.61 Å². The van der Waals surface area contributed by atoms with Crippen molar-refractivity contribution in [1.29, 1.82) is 0 Å². The third kappa shape index (κ3) is 3.52. The van der Waals surface area contributed by atoms with E-state index in [2.05, 4.69) is 26.0 Å². The summed E-state index contributed by atoms with van der Waals surface area (Å²) in [6, 6.07) is 0. The summed E-state index contributed by atoms with van der Waals surface area (Å²) in [6.45, 7) is 3.62. The molecule has 0 saturated heterocycles. The third-order valence-electron chi connectivity index (χ3n) is 1.03. The zero-order chi connectivity index (χ0) is 9.56. The van der Waals surface area contributed by atoms with E-state index in [0.717, 1.165) is 0 Å². The molecule has 0 spiro atoms. The lowest BCUT2D eigenvalue weighted by atomic mass is 10.4. The van der Waals surface area contributed by atoms with E-state index in [0.29, 0.717) is 10.9 Å². The minimum atomic E-state index is -0.543. The number of rotatable bonds is 4. The highest BCUT2D eigenvalue weighted by atomic mass is 79.9. The second kappa shape index (κ2) is 5.77. The zero-order valence-corrected chi connectivity index (χ0v) is 8.47. The van der Waals surface area contributed by atoms with E-state index in [1.807, 2.05) is 0 Å². The van der Waals surface area contributed by atoms with Gasteiger partial charge in [0, 0.05) is 4.48 Å². The monoisotopic (exact) mass is 235 g/mol. The van der Waals surface area contributed by atoms with Crippen LogP contribution in [0, 0.1) is 0 Å². The van der Waals surface area contributed by atoms with Crippen LogP contribution in [0.1, 0.15) is 13.8 Å². The van der Waals surface area contributed by atoms with Gasteiger partial charge in [-0.25, -0.2) is 4.79 Å². The van der Waals surface area contributed by atoms with Gasteiger partial charge in [0.05, 0.1) is 6.61 Å². The van der Waals surface area contributed by atoms with Crippen molar-refractivity contribution < 1.29 is 14.3 Å². The van der Waals surface area contributed by atoms with Crippen LogP contribution in [-0.2, 0) is 14.3 Å². The Morgan fingerprint density at radius 1 is 1.67 bits per heavy atom. The number of hydrogen-bond donors (Lipinski definition) is 1. The van der Waals surface area contributed by atoms with Crippen LogP contribution < -0.4 is 5.32 Å². The van der Waals surface area contributed by atoms with E-state index in [1.54, 1.807) is 13.8 Å². The fourth-order valence-electron chi connectivity index (χ4n) is 0.561. The van der Waals surface area contributed by atoms with Crippen molar-refractivity contribution in [2.24, 2.45) is 0 Å². The standard InChI is InChI=1S/C7H10BrNO3/c1-3-12-7(11)6(5(2)8)9-4-10/h4H,3H2,1-2H3,(H,9,10)/b6-5+. The van der Waals surface area contributed by atoms with Crippen molar-refractivity contribution in [3.8, 4) is 0 Å². The molecule has 0 saturated carbocycles. The van der Waals surface area contributed by atoms with E-state index in [1.165, 1.54) is 0 Å². The topological polar surface area (TPSA) is 55.4 Å². The van der Waals surface area contributed by atoms with Crippen LogP contribution in [0.25, 0.3) is 0 Å². The molecule has 0 atom stereocenters. The molecule has 0 aromatic heterocycles. The van der Waals surface area contributed by atoms with Crippen molar-refractivity contribution in [2.45, 2.75) is 13.8 Å². The summed E-state index contributed by atoms with van der Waals surface area (Å²) in [5, 5.41) is 2.24. The molecule has 1 amide bonds. The SMILES string of the molecule is CCOC(=O)/C(NC=O)=C(/C)Br. The minimum absolute atomic E-state index is 0.131. The second-order valence-electron chi connectivity index (χ2n) is 1.89. The molecule has 0 aromatic rings. The molecule has 4 nitrogen and oxygen atoms in total. The Morgan fingerprint density at radius 3 is 2.58 bits per heavy atom. The molecule has 68 valence electrons. The first-order valence-electron chi connectivity index (χ1n) is 3.37. The number of nitrogens with one attached hydrogen (secondary N) is 1. The molecule has 0 radical (unpaired) electrons. The third-order valence-corrected chi connectivity index (χ3v) is 1.42. The van der Waals surface area contributed by atoms with Gasteiger partial charge in [0.25, 0.3) is 0 Å². The van der Waals surface area contributed by atoms with Crippen LogP contribution in [0.4, 0.5) is 0 Å². The summed E-state index contributed by atoms with van der Waals surface area (Å²) in [7, 11) is 0. The molecule has 1 N–H and O–H groups in total. The van der Waals surface area contributed by atoms with Gasteiger partial charge < -0.3 is 10.1 Å². The lowest BCUT2D eigenvalue weighted by Gasteiger charge is -2.05. The summed E-state index contributed by atoms with van der Waals surface area (Å²) in [5.41, 5.74) is 0.131. The molecule has 0 aromatic carbocycles. The van der Waals surface area contributed by atoms with Crippen LogP contribution in [0.5, 0.6) is 0 Å². The van der Waals surface area contributed by atoms with Crippen LogP contribution in [0.15, 0.2) is 10.2 Å². The highest BCUT2D eigenvalue weighted by Gasteiger charge is 2.11. The molecule has 0 rings (SSSR count). The van der Waals surface area contributed by atoms with Crippen LogP contribution in [-0.4, -0.2) is 19.0 Å². The number of hydrogen-bond acceptors (Lipinski definition) is 3. The van der Waals surface area contributed by atoms with E-state index in [4.69, 9.17) is 0 Å². The van der Waals surface area contributed by atoms with Crippen molar-refractivity contribution in [1.82, 2.24) is 5.32 Å². The van der Waals surface area contributed by atoms with Gasteiger partial charge in [0.1, 0.15) is 5.70 Å². The Balaban J connectivity index is 4.42. The molecule has 0 fully saturated rings. The maximum absolute atomic E-state index is 11.0. The van der Waals surface area contributed by atoms with Gasteiger partial charge in [-0.1, -0.05) is 15.9 Å². The summed E-state index contributed by atoms with van der Waals surface area (Å²) in [5.74, 6) is -0.543.